The Bertz CT molecular complexity index is 533. The SMILES string of the molecule is Cc1ccc2nc(NC3CC=CC3)nn2c1. The van der Waals surface area contributed by atoms with Gasteiger partial charge in [-0.25, -0.2) is 4.52 Å². The molecule has 4 heteroatoms. The maximum Gasteiger partial charge on any atom is 0.243 e. The first-order chi connectivity index (χ1) is 7.81. The van der Waals surface area contributed by atoms with Gasteiger partial charge in [-0.3, -0.25) is 0 Å². The standard InChI is InChI=1S/C12H14N4/c1-9-6-7-11-14-12(15-16(11)8-9)13-10-4-2-3-5-10/h2-3,6-8,10H,4-5H2,1H3,(H,13,15). The van der Waals surface area contributed by atoms with Gasteiger partial charge in [0, 0.05) is 12.2 Å². The quantitative estimate of drug-likeness (QED) is 0.779. The first-order valence-electron chi connectivity index (χ1n) is 5.56. The summed E-state index contributed by atoms with van der Waals surface area (Å²) in [5, 5.41) is 7.75. The second-order valence-corrected chi connectivity index (χ2v) is 4.23. The van der Waals surface area contributed by atoms with Crippen LogP contribution in [0.3, 0.4) is 0 Å². The van der Waals surface area contributed by atoms with Crippen LogP contribution in [0, 0.1) is 6.92 Å². The number of hydrogen-bond donors (Lipinski definition) is 1. The van der Waals surface area contributed by atoms with E-state index >= 15 is 0 Å². The molecule has 2 heterocycles. The highest BCUT2D eigenvalue weighted by atomic mass is 15.3. The van der Waals surface area contributed by atoms with Crippen molar-refractivity contribution in [1.82, 2.24) is 14.6 Å². The average molecular weight is 214 g/mol. The third-order valence-corrected chi connectivity index (χ3v) is 2.82. The Morgan fingerprint density at radius 1 is 1.31 bits per heavy atom. The number of aromatic nitrogens is 3. The van der Waals surface area contributed by atoms with Crippen LogP contribution in [0.1, 0.15) is 18.4 Å². The Morgan fingerprint density at radius 2 is 2.12 bits per heavy atom. The van der Waals surface area contributed by atoms with Crippen molar-refractivity contribution in [2.75, 3.05) is 5.32 Å². The van der Waals surface area contributed by atoms with Gasteiger partial charge in [-0.2, -0.15) is 4.98 Å². The van der Waals surface area contributed by atoms with Crippen LogP contribution in [-0.2, 0) is 0 Å². The Balaban J connectivity index is 1.87. The maximum absolute atomic E-state index is 4.43. The van der Waals surface area contributed by atoms with Crippen molar-refractivity contribution >= 4 is 11.6 Å². The van der Waals surface area contributed by atoms with Gasteiger partial charge in [0.2, 0.25) is 5.95 Å². The van der Waals surface area contributed by atoms with Crippen LogP contribution >= 0.6 is 0 Å². The molecule has 1 N–H and O–H groups in total. The fourth-order valence-electron chi connectivity index (χ4n) is 1.96. The Labute approximate surface area is 94.0 Å². The first-order valence-corrected chi connectivity index (χ1v) is 5.56. The molecule has 4 nitrogen and oxygen atoms in total. The van der Waals surface area contributed by atoms with E-state index in [0.717, 1.165) is 24.4 Å². The molecule has 0 unspecified atom stereocenters. The summed E-state index contributed by atoms with van der Waals surface area (Å²) in [6.07, 6.45) is 8.50. The third-order valence-electron chi connectivity index (χ3n) is 2.82. The average Bonchev–Trinajstić information content (AvgIpc) is 2.86. The van der Waals surface area contributed by atoms with Gasteiger partial charge < -0.3 is 5.32 Å². The predicted octanol–water partition coefficient (Wildman–Crippen LogP) is 2.17. The zero-order valence-electron chi connectivity index (χ0n) is 9.22. The summed E-state index contributed by atoms with van der Waals surface area (Å²) in [5.74, 6) is 0.722. The topological polar surface area (TPSA) is 42.2 Å². The Kier molecular flexibility index (Phi) is 2.13. The summed E-state index contributed by atoms with van der Waals surface area (Å²) < 4.78 is 1.82. The lowest BCUT2D eigenvalue weighted by Crippen LogP contribution is -2.15. The monoisotopic (exact) mass is 214 g/mol. The van der Waals surface area contributed by atoms with E-state index in [4.69, 9.17) is 0 Å². The van der Waals surface area contributed by atoms with E-state index < -0.39 is 0 Å². The maximum atomic E-state index is 4.43. The molecule has 0 fully saturated rings. The van der Waals surface area contributed by atoms with Crippen LogP contribution in [-0.4, -0.2) is 20.6 Å². The third kappa shape index (κ3) is 1.66. The smallest absolute Gasteiger partial charge is 0.243 e. The van der Waals surface area contributed by atoms with Crippen molar-refractivity contribution in [3.05, 3.63) is 36.0 Å². The number of hydrogen-bond acceptors (Lipinski definition) is 3. The predicted molar refractivity (Wildman–Crippen MR) is 63.5 cm³/mol. The molecule has 0 amide bonds. The van der Waals surface area contributed by atoms with Gasteiger partial charge in [-0.1, -0.05) is 18.2 Å². The highest BCUT2D eigenvalue weighted by Crippen LogP contribution is 2.15. The van der Waals surface area contributed by atoms with Crippen LogP contribution in [0.15, 0.2) is 30.5 Å². The van der Waals surface area contributed by atoms with E-state index in [1.54, 1.807) is 0 Å². The summed E-state index contributed by atoms with van der Waals surface area (Å²) in [5.41, 5.74) is 2.07. The lowest BCUT2D eigenvalue weighted by molar-refractivity contribution is 0.771. The minimum absolute atomic E-state index is 0.457. The molecule has 2 aromatic heterocycles. The van der Waals surface area contributed by atoms with E-state index in [2.05, 4.69) is 34.5 Å². The van der Waals surface area contributed by atoms with Gasteiger partial charge in [0.15, 0.2) is 5.65 Å². The molecule has 0 atom stereocenters. The highest BCUT2D eigenvalue weighted by molar-refractivity contribution is 5.44. The van der Waals surface area contributed by atoms with Gasteiger partial charge in [0.25, 0.3) is 0 Å². The number of nitrogens with zero attached hydrogens (tertiary/aromatic N) is 3. The van der Waals surface area contributed by atoms with E-state index in [1.807, 2.05) is 22.8 Å². The molecule has 0 bridgehead atoms. The zero-order chi connectivity index (χ0) is 11.0. The van der Waals surface area contributed by atoms with Gasteiger partial charge in [0.05, 0.1) is 0 Å². The molecular formula is C12H14N4. The Hall–Kier alpha value is -1.84. The van der Waals surface area contributed by atoms with E-state index in [1.165, 1.54) is 5.56 Å². The molecule has 2 aromatic rings. The van der Waals surface area contributed by atoms with Crippen molar-refractivity contribution in [2.24, 2.45) is 0 Å². The fraction of sp³-hybridized carbons (Fsp3) is 0.333. The van der Waals surface area contributed by atoms with Crippen LogP contribution in [0.4, 0.5) is 5.95 Å². The van der Waals surface area contributed by atoms with Gasteiger partial charge in [0.1, 0.15) is 0 Å². The summed E-state index contributed by atoms with van der Waals surface area (Å²) >= 11 is 0. The molecule has 82 valence electrons. The van der Waals surface area contributed by atoms with Crippen molar-refractivity contribution < 1.29 is 0 Å². The summed E-state index contributed by atoms with van der Waals surface area (Å²) in [7, 11) is 0. The largest absolute Gasteiger partial charge is 0.350 e. The molecule has 0 saturated carbocycles. The fourth-order valence-corrected chi connectivity index (χ4v) is 1.96. The summed E-state index contributed by atoms with van der Waals surface area (Å²) in [6.45, 7) is 2.05. The Morgan fingerprint density at radius 3 is 2.94 bits per heavy atom. The van der Waals surface area contributed by atoms with Crippen molar-refractivity contribution in [3.8, 4) is 0 Å². The van der Waals surface area contributed by atoms with Gasteiger partial charge in [-0.15, -0.1) is 5.10 Å². The summed E-state index contributed by atoms with van der Waals surface area (Å²) in [6, 6.07) is 4.49. The van der Waals surface area contributed by atoms with Crippen molar-refractivity contribution in [3.63, 3.8) is 0 Å². The minimum atomic E-state index is 0.457. The van der Waals surface area contributed by atoms with Crippen LogP contribution < -0.4 is 5.32 Å². The second kappa shape index (κ2) is 3.63. The molecule has 1 aliphatic carbocycles. The van der Waals surface area contributed by atoms with Crippen LogP contribution in [0.25, 0.3) is 5.65 Å². The molecule has 16 heavy (non-hydrogen) atoms. The van der Waals surface area contributed by atoms with E-state index in [9.17, 15) is 0 Å². The first kappa shape index (κ1) is 9.39. The molecule has 0 radical (unpaired) electrons. The molecule has 1 aliphatic rings. The van der Waals surface area contributed by atoms with E-state index in [-0.39, 0.29) is 0 Å². The number of nitrogens with one attached hydrogen (secondary N) is 1. The second-order valence-electron chi connectivity index (χ2n) is 4.23. The van der Waals surface area contributed by atoms with Gasteiger partial charge >= 0.3 is 0 Å². The molecule has 3 rings (SSSR count). The molecular weight excluding hydrogens is 200 g/mol. The molecule has 0 saturated heterocycles. The number of pyridine rings is 1. The van der Waals surface area contributed by atoms with Crippen molar-refractivity contribution in [2.45, 2.75) is 25.8 Å². The number of fused-ring (bicyclic) bond motifs is 1. The van der Waals surface area contributed by atoms with Crippen LogP contribution in [0.5, 0.6) is 0 Å². The normalized spacial score (nSPS) is 16.1. The van der Waals surface area contributed by atoms with E-state index in [0.29, 0.717) is 6.04 Å². The molecule has 0 aliphatic heterocycles. The molecule has 0 spiro atoms. The zero-order valence-corrected chi connectivity index (χ0v) is 9.22. The van der Waals surface area contributed by atoms with Crippen LogP contribution in [0.2, 0.25) is 0 Å². The molecule has 0 aromatic carbocycles. The van der Waals surface area contributed by atoms with Gasteiger partial charge in [-0.05, 0) is 31.4 Å². The number of aryl methyl sites for hydroxylation is 1. The number of rotatable bonds is 2. The lowest BCUT2D eigenvalue weighted by Gasteiger charge is -2.08. The summed E-state index contributed by atoms with van der Waals surface area (Å²) in [4.78, 5) is 4.43. The highest BCUT2D eigenvalue weighted by Gasteiger charge is 2.12. The van der Waals surface area contributed by atoms with Crippen molar-refractivity contribution in [1.29, 1.82) is 0 Å². The minimum Gasteiger partial charge on any atom is -0.350 e. The number of anilines is 1. The lowest BCUT2D eigenvalue weighted by atomic mass is 10.2.